The number of imide groups is 1. The van der Waals surface area contributed by atoms with E-state index in [1.54, 1.807) is 12.1 Å². The maximum absolute atomic E-state index is 12.7. The number of anilines is 1. The summed E-state index contributed by atoms with van der Waals surface area (Å²) in [6.45, 7) is -0.629. The normalized spacial score (nSPS) is 15.8. The SMILES string of the molecule is COc1ccc(NC(=O)CN2C(=O)S/C(=C\c3cc4c(cc3[N+](=O)[O-])OCO4)C2=O)cc1Cl. The van der Waals surface area contributed by atoms with Crippen LogP contribution in [0.3, 0.4) is 0 Å². The highest BCUT2D eigenvalue weighted by Crippen LogP contribution is 2.40. The molecule has 0 aromatic heterocycles. The zero-order valence-corrected chi connectivity index (χ0v) is 18.4. The van der Waals surface area contributed by atoms with Gasteiger partial charge in [0.25, 0.3) is 16.8 Å². The molecule has 2 aromatic rings. The highest BCUT2D eigenvalue weighted by atomic mass is 35.5. The summed E-state index contributed by atoms with van der Waals surface area (Å²) in [6.07, 6.45) is 1.21. The van der Waals surface area contributed by atoms with E-state index in [1.807, 2.05) is 0 Å². The Bertz CT molecular complexity index is 1230. The molecule has 0 bridgehead atoms. The van der Waals surface area contributed by atoms with Crippen LogP contribution in [0.15, 0.2) is 35.2 Å². The van der Waals surface area contributed by atoms with Gasteiger partial charge in [0.2, 0.25) is 12.7 Å². The van der Waals surface area contributed by atoms with Gasteiger partial charge < -0.3 is 19.5 Å². The van der Waals surface area contributed by atoms with Crippen LogP contribution in [-0.2, 0) is 9.59 Å². The number of hydrogen-bond acceptors (Lipinski definition) is 9. The zero-order chi connectivity index (χ0) is 23.7. The molecule has 33 heavy (non-hydrogen) atoms. The van der Waals surface area contributed by atoms with E-state index in [2.05, 4.69) is 5.32 Å². The molecule has 1 fully saturated rings. The molecule has 0 saturated carbocycles. The largest absolute Gasteiger partial charge is 0.495 e. The molecule has 2 aromatic carbocycles. The Morgan fingerprint density at radius 2 is 2.03 bits per heavy atom. The lowest BCUT2D eigenvalue weighted by atomic mass is 10.1. The summed E-state index contributed by atoms with van der Waals surface area (Å²) in [4.78, 5) is 48.9. The highest BCUT2D eigenvalue weighted by Gasteiger charge is 2.37. The number of carbonyl (C=O) groups is 3. The number of thioether (sulfide) groups is 1. The van der Waals surface area contributed by atoms with Gasteiger partial charge in [-0.2, -0.15) is 0 Å². The van der Waals surface area contributed by atoms with Crippen molar-refractivity contribution in [2.75, 3.05) is 25.8 Å². The van der Waals surface area contributed by atoms with Crippen LogP contribution in [0.2, 0.25) is 5.02 Å². The second-order valence-corrected chi connectivity index (χ2v) is 8.09. The monoisotopic (exact) mass is 491 g/mol. The molecule has 3 amide bonds. The summed E-state index contributed by atoms with van der Waals surface area (Å²) in [5, 5.41) is 13.6. The Balaban J connectivity index is 1.51. The summed E-state index contributed by atoms with van der Waals surface area (Å²) < 4.78 is 15.4. The maximum atomic E-state index is 12.7. The van der Waals surface area contributed by atoms with Crippen molar-refractivity contribution in [3.8, 4) is 17.2 Å². The Morgan fingerprint density at radius 1 is 1.30 bits per heavy atom. The van der Waals surface area contributed by atoms with Gasteiger partial charge in [-0.25, -0.2) is 0 Å². The van der Waals surface area contributed by atoms with Gasteiger partial charge in [-0.1, -0.05) is 11.6 Å². The van der Waals surface area contributed by atoms with Crippen LogP contribution in [0.25, 0.3) is 6.08 Å². The van der Waals surface area contributed by atoms with Gasteiger partial charge in [-0.3, -0.25) is 29.4 Å². The van der Waals surface area contributed by atoms with Crippen molar-refractivity contribution in [3.63, 3.8) is 0 Å². The van der Waals surface area contributed by atoms with Crippen molar-refractivity contribution in [2.24, 2.45) is 0 Å². The predicted octanol–water partition coefficient (Wildman–Crippen LogP) is 3.66. The molecular weight excluding hydrogens is 478 g/mol. The minimum absolute atomic E-state index is 0.0621. The van der Waals surface area contributed by atoms with Crippen LogP contribution < -0.4 is 19.5 Å². The van der Waals surface area contributed by atoms with E-state index in [9.17, 15) is 24.5 Å². The molecule has 4 rings (SSSR count). The number of nitro benzene ring substituents is 1. The van der Waals surface area contributed by atoms with Crippen LogP contribution in [0.5, 0.6) is 17.2 Å². The second-order valence-electron chi connectivity index (χ2n) is 6.69. The van der Waals surface area contributed by atoms with Crippen molar-refractivity contribution in [1.29, 1.82) is 0 Å². The van der Waals surface area contributed by atoms with Gasteiger partial charge in [0.1, 0.15) is 12.3 Å². The number of rotatable bonds is 6. The number of benzene rings is 2. The fraction of sp³-hybridized carbons (Fsp3) is 0.150. The van der Waals surface area contributed by atoms with E-state index in [0.29, 0.717) is 23.2 Å². The molecule has 0 atom stereocenters. The average molecular weight is 492 g/mol. The number of halogens is 1. The molecule has 1 saturated heterocycles. The number of amides is 3. The Kier molecular flexibility index (Phi) is 6.11. The van der Waals surface area contributed by atoms with Crippen LogP contribution >= 0.6 is 23.4 Å². The topological polar surface area (TPSA) is 137 Å². The van der Waals surface area contributed by atoms with Gasteiger partial charge >= 0.3 is 0 Å². The first-order valence-corrected chi connectivity index (χ1v) is 10.4. The van der Waals surface area contributed by atoms with E-state index in [1.165, 1.54) is 31.4 Å². The third kappa shape index (κ3) is 4.56. The van der Waals surface area contributed by atoms with E-state index in [-0.39, 0.29) is 39.5 Å². The fourth-order valence-corrected chi connectivity index (χ4v) is 4.17. The number of fused-ring (bicyclic) bond motifs is 1. The third-order valence-electron chi connectivity index (χ3n) is 4.62. The minimum Gasteiger partial charge on any atom is -0.495 e. The second kappa shape index (κ2) is 9.00. The molecule has 13 heteroatoms. The standard InChI is InChI=1S/C20H14ClN3O8S/c1-30-14-3-2-11(6-12(14)21)22-18(25)8-23-19(26)17(33-20(23)27)5-10-4-15-16(32-9-31-15)7-13(10)24(28)29/h2-7H,8-9H2,1H3,(H,22,25)/b17-5-. The van der Waals surface area contributed by atoms with E-state index in [4.69, 9.17) is 25.8 Å². The Labute approximate surface area is 195 Å². The summed E-state index contributed by atoms with van der Waals surface area (Å²) in [6, 6.07) is 7.11. The Hall–Kier alpha value is -3.77. The molecule has 0 unspecified atom stereocenters. The molecule has 2 aliphatic rings. The van der Waals surface area contributed by atoms with E-state index in [0.717, 1.165) is 4.90 Å². The summed E-state index contributed by atoms with van der Waals surface area (Å²) in [7, 11) is 1.45. The molecule has 0 radical (unpaired) electrons. The van der Waals surface area contributed by atoms with Crippen LogP contribution in [0.4, 0.5) is 16.2 Å². The Morgan fingerprint density at radius 3 is 2.70 bits per heavy atom. The minimum atomic E-state index is -0.750. The first-order valence-electron chi connectivity index (χ1n) is 9.23. The van der Waals surface area contributed by atoms with Gasteiger partial charge in [0, 0.05) is 5.69 Å². The number of nitrogens with one attached hydrogen (secondary N) is 1. The quantitative estimate of drug-likeness (QED) is 0.364. The van der Waals surface area contributed by atoms with Crippen molar-refractivity contribution in [3.05, 3.63) is 55.9 Å². The molecule has 1 N–H and O–H groups in total. The smallest absolute Gasteiger partial charge is 0.294 e. The molecule has 0 spiro atoms. The van der Waals surface area contributed by atoms with Gasteiger partial charge in [-0.05, 0) is 42.1 Å². The van der Waals surface area contributed by atoms with Gasteiger partial charge in [0.05, 0.1) is 33.6 Å². The summed E-state index contributed by atoms with van der Waals surface area (Å²) in [5.74, 6) is -0.469. The highest BCUT2D eigenvalue weighted by molar-refractivity contribution is 8.18. The predicted molar refractivity (Wildman–Crippen MR) is 119 cm³/mol. The van der Waals surface area contributed by atoms with Crippen molar-refractivity contribution in [1.82, 2.24) is 4.90 Å². The third-order valence-corrected chi connectivity index (χ3v) is 5.82. The maximum Gasteiger partial charge on any atom is 0.294 e. The number of nitro groups is 1. The number of methoxy groups -OCH3 is 1. The van der Waals surface area contributed by atoms with Crippen molar-refractivity contribution in [2.45, 2.75) is 0 Å². The first-order chi connectivity index (χ1) is 15.8. The van der Waals surface area contributed by atoms with Crippen molar-refractivity contribution >= 4 is 57.9 Å². The van der Waals surface area contributed by atoms with Crippen LogP contribution in [0.1, 0.15) is 5.56 Å². The van der Waals surface area contributed by atoms with Crippen LogP contribution in [-0.4, -0.2) is 47.3 Å². The lowest BCUT2D eigenvalue weighted by molar-refractivity contribution is -0.385. The molecule has 0 aliphatic carbocycles. The molecule has 11 nitrogen and oxygen atoms in total. The lowest BCUT2D eigenvalue weighted by Gasteiger charge is -2.13. The molecule has 2 aliphatic heterocycles. The van der Waals surface area contributed by atoms with Gasteiger partial charge in [-0.15, -0.1) is 0 Å². The van der Waals surface area contributed by atoms with E-state index < -0.39 is 28.5 Å². The fourth-order valence-electron chi connectivity index (χ4n) is 3.09. The lowest BCUT2D eigenvalue weighted by Crippen LogP contribution is -2.36. The first kappa shape index (κ1) is 22.4. The molecular formula is C20H14ClN3O8S. The zero-order valence-electron chi connectivity index (χ0n) is 16.8. The van der Waals surface area contributed by atoms with Gasteiger partial charge in [0.15, 0.2) is 11.5 Å². The van der Waals surface area contributed by atoms with Crippen molar-refractivity contribution < 1.29 is 33.5 Å². The summed E-state index contributed by atoms with van der Waals surface area (Å²) in [5.41, 5.74) is 0.0940. The number of nitrogens with zero attached hydrogens (tertiary/aromatic N) is 2. The van der Waals surface area contributed by atoms with Crippen LogP contribution in [0, 0.1) is 10.1 Å². The number of ether oxygens (including phenoxy) is 3. The summed E-state index contributed by atoms with van der Waals surface area (Å²) >= 11 is 6.60. The van der Waals surface area contributed by atoms with E-state index >= 15 is 0 Å². The number of hydrogen-bond donors (Lipinski definition) is 1. The molecule has 170 valence electrons. The number of carbonyl (C=O) groups excluding carboxylic acids is 3. The average Bonchev–Trinajstić information content (AvgIpc) is 3.32. The molecule has 2 heterocycles.